The Labute approximate surface area is 198 Å². The molecular weight excluding hydrogens is 432 g/mol. The summed E-state index contributed by atoms with van der Waals surface area (Å²) in [5.41, 5.74) is 7.94. The normalized spacial score (nSPS) is 14.8. The number of aromatic hydroxyl groups is 1. The largest absolute Gasteiger partial charge is 0.508 e. The molecule has 0 saturated heterocycles. The van der Waals surface area contributed by atoms with Crippen LogP contribution in [0.5, 0.6) is 17.2 Å². The highest BCUT2D eigenvalue weighted by Crippen LogP contribution is 2.35. The Hall–Kier alpha value is -4.20. The molecule has 0 radical (unpaired) electrons. The molecule has 1 atom stereocenters. The van der Waals surface area contributed by atoms with Gasteiger partial charge < -0.3 is 30.5 Å². The molecule has 5 N–H and O–H groups in total. The Kier molecular flexibility index (Phi) is 7.17. The van der Waals surface area contributed by atoms with Crippen molar-refractivity contribution in [3.8, 4) is 17.2 Å². The Morgan fingerprint density at radius 3 is 2.65 bits per heavy atom. The molecule has 1 aliphatic heterocycles. The fraction of sp³-hybridized carbons (Fsp3) is 0.231. The number of anilines is 1. The van der Waals surface area contributed by atoms with Gasteiger partial charge >= 0.3 is 0 Å². The number of fused-ring (bicyclic) bond motifs is 1. The van der Waals surface area contributed by atoms with Crippen molar-refractivity contribution in [3.63, 3.8) is 0 Å². The van der Waals surface area contributed by atoms with Gasteiger partial charge in [0.1, 0.15) is 17.2 Å². The molecular formula is C26H28N4O4. The number of carbonyl (C=O) groups is 1. The molecule has 0 saturated carbocycles. The fourth-order valence-electron chi connectivity index (χ4n) is 3.84. The summed E-state index contributed by atoms with van der Waals surface area (Å²) in [4.78, 5) is 15.0. The SMILES string of the molecule is N=C(N)NCCc1ccc(OCCC2Oc3ccccc3N(Cc3cccc(O)c3)C2=O)cc1. The summed E-state index contributed by atoms with van der Waals surface area (Å²) >= 11 is 0. The first-order valence-electron chi connectivity index (χ1n) is 11.1. The Morgan fingerprint density at radius 1 is 1.09 bits per heavy atom. The number of phenolic OH excluding ortho intramolecular Hbond substituents is 1. The lowest BCUT2D eigenvalue weighted by Gasteiger charge is -2.34. The number of carbonyl (C=O) groups excluding carboxylic acids is 1. The molecule has 0 aliphatic carbocycles. The topological polar surface area (TPSA) is 121 Å². The highest BCUT2D eigenvalue weighted by molar-refractivity contribution is 5.99. The summed E-state index contributed by atoms with van der Waals surface area (Å²) in [7, 11) is 0. The molecule has 0 aromatic heterocycles. The predicted molar refractivity (Wildman–Crippen MR) is 130 cm³/mol. The first-order chi connectivity index (χ1) is 16.5. The van der Waals surface area contributed by atoms with Crippen LogP contribution >= 0.6 is 0 Å². The van der Waals surface area contributed by atoms with Crippen molar-refractivity contribution < 1.29 is 19.4 Å². The molecule has 0 bridgehead atoms. The van der Waals surface area contributed by atoms with Gasteiger partial charge in [-0.1, -0.05) is 36.4 Å². The number of amides is 1. The molecule has 1 heterocycles. The van der Waals surface area contributed by atoms with Gasteiger partial charge in [0.25, 0.3) is 5.91 Å². The number of para-hydroxylation sites is 2. The summed E-state index contributed by atoms with van der Waals surface area (Å²) < 4.78 is 11.9. The summed E-state index contributed by atoms with van der Waals surface area (Å²) in [5.74, 6) is 1.35. The van der Waals surface area contributed by atoms with Crippen LogP contribution in [0.3, 0.4) is 0 Å². The van der Waals surface area contributed by atoms with Crippen molar-refractivity contribution in [1.82, 2.24) is 5.32 Å². The van der Waals surface area contributed by atoms with Crippen molar-refractivity contribution in [2.75, 3.05) is 18.1 Å². The molecule has 1 unspecified atom stereocenters. The van der Waals surface area contributed by atoms with Crippen LogP contribution in [0.15, 0.2) is 72.8 Å². The number of nitrogens with two attached hydrogens (primary N) is 1. The molecule has 3 aromatic carbocycles. The van der Waals surface area contributed by atoms with Crippen molar-refractivity contribution in [1.29, 1.82) is 5.41 Å². The van der Waals surface area contributed by atoms with E-state index < -0.39 is 6.10 Å². The number of hydrogen-bond donors (Lipinski definition) is 4. The van der Waals surface area contributed by atoms with E-state index in [4.69, 9.17) is 20.6 Å². The van der Waals surface area contributed by atoms with E-state index >= 15 is 0 Å². The molecule has 176 valence electrons. The first-order valence-corrected chi connectivity index (χ1v) is 11.1. The van der Waals surface area contributed by atoms with Crippen LogP contribution in [-0.2, 0) is 17.8 Å². The second-order valence-corrected chi connectivity index (χ2v) is 8.04. The minimum absolute atomic E-state index is 0.0393. The van der Waals surface area contributed by atoms with Crippen LogP contribution in [0, 0.1) is 5.41 Å². The van der Waals surface area contributed by atoms with Gasteiger partial charge in [0.05, 0.1) is 18.8 Å². The lowest BCUT2D eigenvalue weighted by molar-refractivity contribution is -0.127. The van der Waals surface area contributed by atoms with Crippen LogP contribution in [0.1, 0.15) is 17.5 Å². The Balaban J connectivity index is 1.37. The number of rotatable bonds is 9. The van der Waals surface area contributed by atoms with Gasteiger partial charge in [-0.3, -0.25) is 10.2 Å². The smallest absolute Gasteiger partial charge is 0.268 e. The third-order valence-corrected chi connectivity index (χ3v) is 5.52. The Morgan fingerprint density at radius 2 is 1.88 bits per heavy atom. The molecule has 3 aromatic rings. The van der Waals surface area contributed by atoms with Gasteiger partial charge in [-0.25, -0.2) is 0 Å². The Bertz CT molecular complexity index is 1150. The number of ether oxygens (including phenoxy) is 2. The number of nitrogens with one attached hydrogen (secondary N) is 2. The minimum Gasteiger partial charge on any atom is -0.508 e. The second kappa shape index (κ2) is 10.6. The van der Waals surface area contributed by atoms with Crippen LogP contribution in [0.25, 0.3) is 0 Å². The van der Waals surface area contributed by atoms with Gasteiger partial charge in [0, 0.05) is 13.0 Å². The third kappa shape index (κ3) is 5.78. The average Bonchev–Trinajstić information content (AvgIpc) is 2.82. The molecule has 8 nitrogen and oxygen atoms in total. The fourth-order valence-corrected chi connectivity index (χ4v) is 3.84. The van der Waals surface area contributed by atoms with Crippen molar-refractivity contribution in [2.45, 2.75) is 25.5 Å². The van der Waals surface area contributed by atoms with Crippen LogP contribution in [0.2, 0.25) is 0 Å². The molecule has 0 spiro atoms. The highest BCUT2D eigenvalue weighted by Gasteiger charge is 2.34. The zero-order valence-corrected chi connectivity index (χ0v) is 18.7. The van der Waals surface area contributed by atoms with E-state index in [1.165, 1.54) is 0 Å². The lowest BCUT2D eigenvalue weighted by atomic mass is 10.1. The average molecular weight is 461 g/mol. The van der Waals surface area contributed by atoms with Gasteiger partial charge in [-0.15, -0.1) is 0 Å². The van der Waals surface area contributed by atoms with Crippen LogP contribution < -0.4 is 25.4 Å². The maximum absolute atomic E-state index is 13.3. The number of nitrogens with zero attached hydrogens (tertiary/aromatic N) is 1. The zero-order valence-electron chi connectivity index (χ0n) is 18.7. The van der Waals surface area contributed by atoms with E-state index in [2.05, 4.69) is 5.32 Å². The predicted octanol–water partition coefficient (Wildman–Crippen LogP) is 3.18. The van der Waals surface area contributed by atoms with E-state index in [9.17, 15) is 9.90 Å². The molecule has 1 amide bonds. The molecule has 1 aliphatic rings. The van der Waals surface area contributed by atoms with E-state index in [1.807, 2.05) is 54.6 Å². The standard InChI is InChI=1S/C26H28N4O4/c27-26(28)29-14-12-18-8-10-21(11-9-18)33-15-13-24-25(32)30(17-19-4-3-5-20(31)16-19)22-6-1-2-7-23(22)34-24/h1-11,16,24,31H,12-15,17H2,(H4,27,28,29). The molecule has 8 heteroatoms. The quantitative estimate of drug-likeness (QED) is 0.288. The lowest BCUT2D eigenvalue weighted by Crippen LogP contribution is -2.46. The second-order valence-electron chi connectivity index (χ2n) is 8.04. The summed E-state index contributed by atoms with van der Waals surface area (Å²) in [5, 5.41) is 19.8. The van der Waals surface area contributed by atoms with Gasteiger partial charge in [-0.05, 0) is 53.9 Å². The molecule has 34 heavy (non-hydrogen) atoms. The van der Waals surface area contributed by atoms with Crippen LogP contribution in [0.4, 0.5) is 5.69 Å². The van der Waals surface area contributed by atoms with E-state index in [1.54, 1.807) is 23.1 Å². The number of benzene rings is 3. The highest BCUT2D eigenvalue weighted by atomic mass is 16.5. The van der Waals surface area contributed by atoms with Crippen molar-refractivity contribution in [2.24, 2.45) is 5.73 Å². The summed E-state index contributed by atoms with van der Waals surface area (Å²) in [6.07, 6.45) is 0.483. The summed E-state index contributed by atoms with van der Waals surface area (Å²) in [6, 6.07) is 22.1. The summed E-state index contributed by atoms with van der Waals surface area (Å²) in [6.45, 7) is 1.26. The molecule has 4 rings (SSSR count). The van der Waals surface area contributed by atoms with E-state index in [-0.39, 0.29) is 17.6 Å². The number of hydrogen-bond acceptors (Lipinski definition) is 5. The van der Waals surface area contributed by atoms with E-state index in [0.29, 0.717) is 43.3 Å². The first kappa shape index (κ1) is 23.0. The van der Waals surface area contributed by atoms with Crippen molar-refractivity contribution >= 4 is 17.6 Å². The molecule has 0 fully saturated rings. The minimum atomic E-state index is -0.663. The van der Waals surface area contributed by atoms with E-state index in [0.717, 1.165) is 17.5 Å². The maximum atomic E-state index is 13.3. The monoisotopic (exact) mass is 460 g/mol. The third-order valence-electron chi connectivity index (χ3n) is 5.52. The number of guanidine groups is 1. The van der Waals surface area contributed by atoms with Crippen molar-refractivity contribution in [3.05, 3.63) is 83.9 Å². The number of phenols is 1. The zero-order chi connectivity index (χ0) is 23.9. The van der Waals surface area contributed by atoms with Gasteiger partial charge in [0.2, 0.25) is 0 Å². The maximum Gasteiger partial charge on any atom is 0.268 e. The van der Waals surface area contributed by atoms with Crippen LogP contribution in [-0.4, -0.2) is 36.2 Å². The van der Waals surface area contributed by atoms with Gasteiger partial charge in [-0.2, -0.15) is 0 Å². The van der Waals surface area contributed by atoms with Gasteiger partial charge in [0.15, 0.2) is 12.1 Å².